The van der Waals surface area contributed by atoms with Crippen LogP contribution in [-0.2, 0) is 11.2 Å². The molecule has 0 unspecified atom stereocenters. The maximum absolute atomic E-state index is 13.0. The summed E-state index contributed by atoms with van der Waals surface area (Å²) in [6.45, 7) is 3.78. The Balaban J connectivity index is 2.88. The van der Waals surface area contributed by atoms with Crippen LogP contribution in [0.2, 0.25) is 0 Å². The molecule has 0 saturated carbocycles. The Kier molecular flexibility index (Phi) is 4.87. The van der Waals surface area contributed by atoms with Crippen LogP contribution in [0, 0.1) is 5.82 Å². The number of halogens is 2. The Morgan fingerprint density at radius 1 is 1.50 bits per heavy atom. The molecule has 0 saturated heterocycles. The van der Waals surface area contributed by atoms with Gasteiger partial charge in [-0.05, 0) is 42.7 Å². The van der Waals surface area contributed by atoms with Gasteiger partial charge < -0.3 is 0 Å². The van der Waals surface area contributed by atoms with E-state index in [2.05, 4.69) is 15.9 Å². The minimum absolute atomic E-state index is 0.0521. The molecular formula is C13H14BrFO. The van der Waals surface area contributed by atoms with Crippen molar-refractivity contribution in [3.8, 4) is 0 Å². The average molecular weight is 285 g/mol. The highest BCUT2D eigenvalue weighted by Gasteiger charge is 2.10. The van der Waals surface area contributed by atoms with Crippen LogP contribution in [-0.4, -0.2) is 5.78 Å². The number of rotatable bonds is 4. The number of hydrogen-bond donors (Lipinski definition) is 0. The lowest BCUT2D eigenvalue weighted by molar-refractivity contribution is -0.115. The summed E-state index contributed by atoms with van der Waals surface area (Å²) in [5.41, 5.74) is 1.48. The van der Waals surface area contributed by atoms with Gasteiger partial charge in [-0.2, -0.15) is 0 Å². The summed E-state index contributed by atoms with van der Waals surface area (Å²) >= 11 is 3.31. The first kappa shape index (κ1) is 13.1. The SMILES string of the molecule is C/C=C(/CC)C(=O)Cc1cc(F)ccc1Br. The number of ketones is 1. The van der Waals surface area contributed by atoms with E-state index in [9.17, 15) is 9.18 Å². The monoisotopic (exact) mass is 284 g/mol. The maximum atomic E-state index is 13.0. The molecule has 0 spiro atoms. The van der Waals surface area contributed by atoms with Gasteiger partial charge in [-0.3, -0.25) is 4.79 Å². The van der Waals surface area contributed by atoms with Crippen LogP contribution >= 0.6 is 15.9 Å². The lowest BCUT2D eigenvalue weighted by atomic mass is 10.0. The molecule has 0 atom stereocenters. The molecule has 3 heteroatoms. The molecule has 86 valence electrons. The fourth-order valence-electron chi connectivity index (χ4n) is 1.53. The lowest BCUT2D eigenvalue weighted by Crippen LogP contribution is -2.06. The van der Waals surface area contributed by atoms with Gasteiger partial charge in [-0.15, -0.1) is 0 Å². The van der Waals surface area contributed by atoms with Crippen LogP contribution in [0.15, 0.2) is 34.3 Å². The number of carbonyl (C=O) groups is 1. The Bertz CT molecular complexity index is 424. The fraction of sp³-hybridized carbons (Fsp3) is 0.308. The van der Waals surface area contributed by atoms with Gasteiger partial charge in [-0.25, -0.2) is 4.39 Å². The van der Waals surface area contributed by atoms with Crippen LogP contribution in [0.1, 0.15) is 25.8 Å². The molecule has 1 aromatic carbocycles. The zero-order chi connectivity index (χ0) is 12.1. The molecule has 0 heterocycles. The van der Waals surface area contributed by atoms with Crippen molar-refractivity contribution in [2.75, 3.05) is 0 Å². The highest BCUT2D eigenvalue weighted by molar-refractivity contribution is 9.10. The van der Waals surface area contributed by atoms with Crippen LogP contribution in [0.25, 0.3) is 0 Å². The van der Waals surface area contributed by atoms with Crippen molar-refractivity contribution in [1.82, 2.24) is 0 Å². The largest absolute Gasteiger partial charge is 0.294 e. The van der Waals surface area contributed by atoms with E-state index < -0.39 is 0 Å². The predicted octanol–water partition coefficient (Wildman–Crippen LogP) is 4.06. The molecule has 0 aromatic heterocycles. The third-order valence-electron chi connectivity index (χ3n) is 2.45. The second-order valence-corrected chi connectivity index (χ2v) is 4.36. The quantitative estimate of drug-likeness (QED) is 0.762. The molecule has 0 bridgehead atoms. The van der Waals surface area contributed by atoms with Crippen molar-refractivity contribution in [2.45, 2.75) is 26.7 Å². The number of carbonyl (C=O) groups excluding carboxylic acids is 1. The summed E-state index contributed by atoms with van der Waals surface area (Å²) < 4.78 is 13.8. The third-order valence-corrected chi connectivity index (χ3v) is 3.22. The van der Waals surface area contributed by atoms with E-state index in [-0.39, 0.29) is 18.0 Å². The van der Waals surface area contributed by atoms with Crippen LogP contribution in [0.4, 0.5) is 4.39 Å². The molecule has 0 radical (unpaired) electrons. The van der Waals surface area contributed by atoms with E-state index in [1.807, 2.05) is 19.9 Å². The molecular weight excluding hydrogens is 271 g/mol. The van der Waals surface area contributed by atoms with Gasteiger partial charge in [0.15, 0.2) is 5.78 Å². The van der Waals surface area contributed by atoms with Gasteiger partial charge >= 0.3 is 0 Å². The minimum atomic E-state index is -0.315. The first-order valence-electron chi connectivity index (χ1n) is 5.20. The molecule has 0 aliphatic heterocycles. The molecule has 1 aromatic rings. The van der Waals surface area contributed by atoms with Crippen LogP contribution in [0.3, 0.4) is 0 Å². The molecule has 16 heavy (non-hydrogen) atoms. The lowest BCUT2D eigenvalue weighted by Gasteiger charge is -2.05. The van der Waals surface area contributed by atoms with Crippen molar-refractivity contribution in [3.05, 3.63) is 45.7 Å². The van der Waals surface area contributed by atoms with E-state index in [0.29, 0.717) is 12.0 Å². The molecule has 0 fully saturated rings. The average Bonchev–Trinajstić information content (AvgIpc) is 2.25. The topological polar surface area (TPSA) is 17.1 Å². The Labute approximate surface area is 103 Å². The van der Waals surface area contributed by atoms with Gasteiger partial charge in [0.25, 0.3) is 0 Å². The summed E-state index contributed by atoms with van der Waals surface area (Å²) in [6, 6.07) is 4.39. The van der Waals surface area contributed by atoms with Gasteiger partial charge in [0.1, 0.15) is 5.82 Å². The highest BCUT2D eigenvalue weighted by Crippen LogP contribution is 2.20. The van der Waals surface area contributed by atoms with Crippen molar-refractivity contribution in [3.63, 3.8) is 0 Å². The summed E-state index contributed by atoms with van der Waals surface area (Å²) in [4.78, 5) is 11.8. The second-order valence-electron chi connectivity index (χ2n) is 3.50. The fourth-order valence-corrected chi connectivity index (χ4v) is 1.91. The molecule has 0 N–H and O–H groups in total. The third kappa shape index (κ3) is 3.27. The number of allylic oxidation sites excluding steroid dienone is 2. The Morgan fingerprint density at radius 3 is 2.75 bits per heavy atom. The highest BCUT2D eigenvalue weighted by atomic mass is 79.9. The second kappa shape index (κ2) is 5.94. The molecule has 1 rings (SSSR count). The van der Waals surface area contributed by atoms with E-state index in [1.54, 1.807) is 6.07 Å². The van der Waals surface area contributed by atoms with Crippen molar-refractivity contribution in [1.29, 1.82) is 0 Å². The first-order valence-corrected chi connectivity index (χ1v) is 6.00. The van der Waals surface area contributed by atoms with Gasteiger partial charge in [0.2, 0.25) is 0 Å². The minimum Gasteiger partial charge on any atom is -0.294 e. The van der Waals surface area contributed by atoms with Gasteiger partial charge in [0, 0.05) is 10.9 Å². The summed E-state index contributed by atoms with van der Waals surface area (Å²) in [7, 11) is 0. The van der Waals surface area contributed by atoms with Gasteiger partial charge in [-0.1, -0.05) is 28.9 Å². The van der Waals surface area contributed by atoms with Crippen molar-refractivity contribution < 1.29 is 9.18 Å². The molecule has 1 nitrogen and oxygen atoms in total. The summed E-state index contributed by atoms with van der Waals surface area (Å²) in [5.74, 6) is -0.263. The Morgan fingerprint density at radius 2 is 2.19 bits per heavy atom. The van der Waals surface area contributed by atoms with E-state index in [0.717, 1.165) is 10.0 Å². The standard InChI is InChI=1S/C13H14BrFO/c1-3-9(4-2)13(16)8-10-7-11(15)5-6-12(10)14/h3,5-7H,4,8H2,1-2H3/b9-3-. The van der Waals surface area contributed by atoms with E-state index in [1.165, 1.54) is 12.1 Å². The molecule has 0 aliphatic rings. The zero-order valence-corrected chi connectivity index (χ0v) is 11.0. The van der Waals surface area contributed by atoms with Crippen molar-refractivity contribution >= 4 is 21.7 Å². The van der Waals surface area contributed by atoms with Crippen LogP contribution < -0.4 is 0 Å². The number of benzene rings is 1. The first-order chi connectivity index (χ1) is 7.58. The normalized spacial score (nSPS) is 11.6. The number of Topliss-reactive ketones (excluding diaryl/α,β-unsaturated/α-hetero) is 1. The van der Waals surface area contributed by atoms with E-state index >= 15 is 0 Å². The summed E-state index contributed by atoms with van der Waals surface area (Å²) in [6.07, 6.45) is 2.77. The molecule has 0 amide bonds. The summed E-state index contributed by atoms with van der Waals surface area (Å²) in [5, 5.41) is 0. The van der Waals surface area contributed by atoms with E-state index in [4.69, 9.17) is 0 Å². The predicted molar refractivity (Wildman–Crippen MR) is 66.9 cm³/mol. The maximum Gasteiger partial charge on any atom is 0.162 e. The van der Waals surface area contributed by atoms with Gasteiger partial charge in [0.05, 0.1) is 0 Å². The Hall–Kier alpha value is -0.960. The zero-order valence-electron chi connectivity index (χ0n) is 9.39. The van der Waals surface area contributed by atoms with Crippen molar-refractivity contribution in [2.24, 2.45) is 0 Å². The number of hydrogen-bond acceptors (Lipinski definition) is 1. The molecule has 0 aliphatic carbocycles. The smallest absolute Gasteiger partial charge is 0.162 e. The van der Waals surface area contributed by atoms with Crippen LogP contribution in [0.5, 0.6) is 0 Å².